The molecule has 0 radical (unpaired) electrons. The van der Waals surface area contributed by atoms with E-state index in [9.17, 15) is 8.42 Å². The number of hydrogen-bond acceptors (Lipinski definition) is 6. The standard InChI is InChI=1S/C15H20N4O4S/c1-22-15-13(3-2-4-17-15)14-16-5-6-18(14)9-12-24(20,21)19-7-10-23-11-8-19/h2-6H,7-12H2,1H3. The zero-order chi connectivity index (χ0) is 17.0. The summed E-state index contributed by atoms with van der Waals surface area (Å²) in [6.45, 7) is 2.03. The minimum atomic E-state index is -3.32. The number of nitrogens with zero attached hydrogens (tertiary/aromatic N) is 4. The van der Waals surface area contributed by atoms with E-state index in [2.05, 4.69) is 9.97 Å². The summed E-state index contributed by atoms with van der Waals surface area (Å²) in [5.74, 6) is 1.11. The molecule has 3 heterocycles. The number of aromatic nitrogens is 3. The van der Waals surface area contributed by atoms with Gasteiger partial charge in [-0.05, 0) is 12.1 Å². The number of morpholine rings is 1. The molecule has 24 heavy (non-hydrogen) atoms. The third kappa shape index (κ3) is 3.58. The van der Waals surface area contributed by atoms with Crippen LogP contribution in [0.15, 0.2) is 30.7 Å². The molecule has 0 saturated carbocycles. The van der Waals surface area contributed by atoms with E-state index in [0.717, 1.165) is 5.56 Å². The Kier molecular flexibility index (Phi) is 5.12. The number of pyridine rings is 1. The summed E-state index contributed by atoms with van der Waals surface area (Å²) in [6, 6.07) is 3.64. The van der Waals surface area contributed by atoms with Gasteiger partial charge >= 0.3 is 0 Å². The second kappa shape index (κ2) is 7.29. The van der Waals surface area contributed by atoms with E-state index < -0.39 is 10.0 Å². The van der Waals surface area contributed by atoms with Crippen LogP contribution in [0.4, 0.5) is 0 Å². The van der Waals surface area contributed by atoms with Gasteiger partial charge in [0.1, 0.15) is 5.82 Å². The van der Waals surface area contributed by atoms with E-state index in [1.165, 1.54) is 4.31 Å². The van der Waals surface area contributed by atoms with Crippen molar-refractivity contribution < 1.29 is 17.9 Å². The Morgan fingerprint density at radius 2 is 2.04 bits per heavy atom. The normalized spacial score (nSPS) is 16.2. The number of imidazole rings is 1. The molecule has 0 unspecified atom stereocenters. The third-order valence-electron chi connectivity index (χ3n) is 3.87. The lowest BCUT2D eigenvalue weighted by Gasteiger charge is -2.26. The quantitative estimate of drug-likeness (QED) is 0.757. The van der Waals surface area contributed by atoms with Crippen LogP contribution >= 0.6 is 0 Å². The molecule has 0 aliphatic carbocycles. The molecule has 0 spiro atoms. The molecular weight excluding hydrogens is 332 g/mol. The molecule has 0 amide bonds. The minimum absolute atomic E-state index is 0.0128. The van der Waals surface area contributed by atoms with Crippen molar-refractivity contribution in [3.8, 4) is 17.3 Å². The zero-order valence-electron chi connectivity index (χ0n) is 13.5. The Hall–Kier alpha value is -1.97. The van der Waals surface area contributed by atoms with Gasteiger partial charge in [-0.25, -0.2) is 18.4 Å². The molecular formula is C15H20N4O4S. The predicted molar refractivity (Wildman–Crippen MR) is 88.2 cm³/mol. The topological polar surface area (TPSA) is 86.6 Å². The fourth-order valence-corrected chi connectivity index (χ4v) is 4.02. The molecule has 0 aromatic carbocycles. The third-order valence-corrected chi connectivity index (χ3v) is 5.72. The van der Waals surface area contributed by atoms with Crippen molar-refractivity contribution >= 4 is 10.0 Å². The molecule has 1 saturated heterocycles. The molecule has 3 rings (SSSR count). The largest absolute Gasteiger partial charge is 0.480 e. The van der Waals surface area contributed by atoms with Crippen molar-refractivity contribution in [1.82, 2.24) is 18.8 Å². The molecule has 2 aromatic rings. The smallest absolute Gasteiger partial charge is 0.224 e. The second-order valence-corrected chi connectivity index (χ2v) is 7.42. The Balaban J connectivity index is 1.76. The summed E-state index contributed by atoms with van der Waals surface area (Å²) in [5, 5.41) is 0. The van der Waals surface area contributed by atoms with Crippen molar-refractivity contribution in [2.75, 3.05) is 39.2 Å². The first kappa shape index (κ1) is 16.9. The lowest BCUT2D eigenvalue weighted by atomic mass is 10.2. The first-order valence-electron chi connectivity index (χ1n) is 7.68. The Bertz CT molecular complexity index is 784. The fourth-order valence-electron chi connectivity index (χ4n) is 2.63. The van der Waals surface area contributed by atoms with Crippen LogP contribution in [0.1, 0.15) is 0 Å². The maximum Gasteiger partial charge on any atom is 0.224 e. The maximum atomic E-state index is 12.5. The van der Waals surface area contributed by atoms with Gasteiger partial charge in [-0.1, -0.05) is 0 Å². The lowest BCUT2D eigenvalue weighted by Crippen LogP contribution is -2.42. The van der Waals surface area contributed by atoms with Crippen molar-refractivity contribution in [3.05, 3.63) is 30.7 Å². The summed E-state index contributed by atoms with van der Waals surface area (Å²) in [7, 11) is -1.77. The highest BCUT2D eigenvalue weighted by molar-refractivity contribution is 7.89. The summed E-state index contributed by atoms with van der Waals surface area (Å²) < 4.78 is 38.7. The number of rotatable bonds is 6. The van der Waals surface area contributed by atoms with Gasteiger partial charge in [0.15, 0.2) is 0 Å². The molecule has 130 valence electrons. The maximum absolute atomic E-state index is 12.5. The van der Waals surface area contributed by atoms with Crippen molar-refractivity contribution in [1.29, 1.82) is 0 Å². The number of sulfonamides is 1. The number of aryl methyl sites for hydroxylation is 1. The van der Waals surface area contributed by atoms with E-state index >= 15 is 0 Å². The van der Waals surface area contributed by atoms with Gasteiger partial charge < -0.3 is 14.0 Å². The van der Waals surface area contributed by atoms with E-state index in [1.54, 1.807) is 36.3 Å². The fraction of sp³-hybridized carbons (Fsp3) is 0.467. The van der Waals surface area contributed by atoms with Gasteiger partial charge in [0.2, 0.25) is 15.9 Å². The van der Waals surface area contributed by atoms with Gasteiger partial charge in [0.25, 0.3) is 0 Å². The molecule has 1 aliphatic rings. The molecule has 0 atom stereocenters. The first-order valence-corrected chi connectivity index (χ1v) is 9.29. The van der Waals surface area contributed by atoms with Crippen LogP contribution in [0.2, 0.25) is 0 Å². The van der Waals surface area contributed by atoms with Gasteiger partial charge in [0.05, 0.1) is 31.6 Å². The summed E-state index contributed by atoms with van der Waals surface area (Å²) in [4.78, 5) is 8.48. The highest BCUT2D eigenvalue weighted by atomic mass is 32.2. The molecule has 9 heteroatoms. The van der Waals surface area contributed by atoms with Crippen LogP contribution in [0.25, 0.3) is 11.4 Å². The van der Waals surface area contributed by atoms with Crippen LogP contribution in [-0.2, 0) is 21.3 Å². The van der Waals surface area contributed by atoms with Gasteiger partial charge in [-0.15, -0.1) is 0 Å². The molecule has 0 bridgehead atoms. The van der Waals surface area contributed by atoms with Gasteiger partial charge in [-0.3, -0.25) is 0 Å². The van der Waals surface area contributed by atoms with Crippen LogP contribution in [0, 0.1) is 0 Å². The van der Waals surface area contributed by atoms with E-state index in [4.69, 9.17) is 9.47 Å². The average Bonchev–Trinajstić information content (AvgIpc) is 3.09. The van der Waals surface area contributed by atoms with E-state index in [-0.39, 0.29) is 5.75 Å². The second-order valence-electron chi connectivity index (χ2n) is 5.33. The van der Waals surface area contributed by atoms with Crippen LogP contribution in [0.5, 0.6) is 5.88 Å². The van der Waals surface area contributed by atoms with Crippen LogP contribution < -0.4 is 4.74 Å². The molecule has 1 aliphatic heterocycles. The number of methoxy groups -OCH3 is 1. The van der Waals surface area contributed by atoms with Crippen molar-refractivity contribution in [3.63, 3.8) is 0 Å². The van der Waals surface area contributed by atoms with E-state index in [1.807, 2.05) is 6.07 Å². The monoisotopic (exact) mass is 352 g/mol. The predicted octanol–water partition coefficient (Wildman–Crippen LogP) is 0.616. The average molecular weight is 352 g/mol. The van der Waals surface area contributed by atoms with Crippen LogP contribution in [-0.4, -0.2) is 66.4 Å². The Morgan fingerprint density at radius 3 is 2.79 bits per heavy atom. The van der Waals surface area contributed by atoms with Crippen molar-refractivity contribution in [2.24, 2.45) is 0 Å². The number of ether oxygens (including phenoxy) is 2. The Labute approximate surface area is 141 Å². The summed E-state index contributed by atoms with van der Waals surface area (Å²) in [5.41, 5.74) is 0.730. The van der Waals surface area contributed by atoms with Crippen LogP contribution in [0.3, 0.4) is 0 Å². The molecule has 1 fully saturated rings. The summed E-state index contributed by atoms with van der Waals surface area (Å²) >= 11 is 0. The molecule has 2 aromatic heterocycles. The number of hydrogen-bond donors (Lipinski definition) is 0. The van der Waals surface area contributed by atoms with Gasteiger partial charge in [-0.2, -0.15) is 4.31 Å². The Morgan fingerprint density at radius 1 is 1.25 bits per heavy atom. The lowest BCUT2D eigenvalue weighted by molar-refractivity contribution is 0.0730. The van der Waals surface area contributed by atoms with Crippen molar-refractivity contribution in [2.45, 2.75) is 6.54 Å². The van der Waals surface area contributed by atoms with E-state index in [0.29, 0.717) is 44.6 Å². The highest BCUT2D eigenvalue weighted by Crippen LogP contribution is 2.26. The minimum Gasteiger partial charge on any atom is -0.480 e. The van der Waals surface area contributed by atoms with Gasteiger partial charge in [0, 0.05) is 38.2 Å². The molecule has 8 nitrogen and oxygen atoms in total. The SMILES string of the molecule is COc1ncccc1-c1nccn1CCS(=O)(=O)N1CCOCC1. The zero-order valence-corrected chi connectivity index (χ0v) is 14.3. The first-order chi connectivity index (χ1) is 11.6. The highest BCUT2D eigenvalue weighted by Gasteiger charge is 2.24. The molecule has 0 N–H and O–H groups in total. The summed E-state index contributed by atoms with van der Waals surface area (Å²) in [6.07, 6.45) is 5.04.